The lowest BCUT2D eigenvalue weighted by molar-refractivity contribution is 0.202. The Kier molecular flexibility index (Phi) is 4.94. The minimum Gasteiger partial charge on any atom is -0.392 e. The second-order valence-electron chi connectivity index (χ2n) is 4.39. The molecule has 0 saturated heterocycles. The number of hydrogen-bond donors (Lipinski definition) is 3. The summed E-state index contributed by atoms with van der Waals surface area (Å²) in [6.45, 7) is 0.0861. The summed E-state index contributed by atoms with van der Waals surface area (Å²) in [4.78, 5) is 0. The van der Waals surface area contributed by atoms with E-state index in [0.717, 1.165) is 5.56 Å². The Hall–Kier alpha value is -1.90. The van der Waals surface area contributed by atoms with Crippen molar-refractivity contribution in [3.63, 3.8) is 0 Å². The summed E-state index contributed by atoms with van der Waals surface area (Å²) >= 11 is 0. The monoisotopic (exact) mass is 311 g/mol. The second-order valence-corrected chi connectivity index (χ2v) is 6.01. The van der Waals surface area contributed by atoms with Gasteiger partial charge in [-0.15, -0.1) is 0 Å². The molecule has 2 aromatic rings. The summed E-state index contributed by atoms with van der Waals surface area (Å²) < 4.78 is 32.2. The van der Waals surface area contributed by atoms with E-state index in [2.05, 4.69) is 14.9 Å². The van der Waals surface area contributed by atoms with E-state index in [1.807, 2.05) is 12.1 Å². The Labute approximate surface area is 123 Å². The van der Waals surface area contributed by atoms with Crippen LogP contribution in [0, 0.1) is 0 Å². The maximum Gasteiger partial charge on any atom is 0.279 e. The highest BCUT2D eigenvalue weighted by Crippen LogP contribution is 2.21. The summed E-state index contributed by atoms with van der Waals surface area (Å²) in [5.74, 6) is 0. The predicted octanol–water partition coefficient (Wildman–Crippen LogP) is 0.892. The summed E-state index contributed by atoms with van der Waals surface area (Å²) in [7, 11) is -2.24. The van der Waals surface area contributed by atoms with Gasteiger partial charge >= 0.3 is 0 Å². The van der Waals surface area contributed by atoms with Gasteiger partial charge in [-0.3, -0.25) is 9.82 Å². The van der Waals surface area contributed by atoms with Crippen molar-refractivity contribution in [3.05, 3.63) is 41.6 Å². The van der Waals surface area contributed by atoms with Gasteiger partial charge < -0.3 is 9.84 Å². The minimum absolute atomic E-state index is 0.133. The fourth-order valence-corrected chi connectivity index (χ4v) is 3.12. The van der Waals surface area contributed by atoms with Gasteiger partial charge in [0.1, 0.15) is 0 Å². The van der Waals surface area contributed by atoms with Crippen LogP contribution < -0.4 is 4.72 Å². The zero-order valence-electron chi connectivity index (χ0n) is 11.5. The Bertz CT molecular complexity index is 697. The summed E-state index contributed by atoms with van der Waals surface area (Å²) in [6, 6.07) is 7.08. The van der Waals surface area contributed by atoms with E-state index in [1.165, 1.54) is 6.20 Å². The molecule has 8 heteroatoms. The maximum atomic E-state index is 12.3. The molecule has 114 valence electrons. The summed E-state index contributed by atoms with van der Waals surface area (Å²) in [6.07, 6.45) is 1.87. The van der Waals surface area contributed by atoms with Crippen LogP contribution in [-0.2, 0) is 27.8 Å². The van der Waals surface area contributed by atoms with Crippen LogP contribution in [0.5, 0.6) is 0 Å². The van der Waals surface area contributed by atoms with E-state index in [-0.39, 0.29) is 10.6 Å². The average molecular weight is 311 g/mol. The summed E-state index contributed by atoms with van der Waals surface area (Å²) in [5, 5.41) is 15.0. The number of anilines is 1. The zero-order valence-corrected chi connectivity index (χ0v) is 12.4. The molecule has 0 spiro atoms. The van der Waals surface area contributed by atoms with Gasteiger partial charge in [0, 0.05) is 12.7 Å². The van der Waals surface area contributed by atoms with E-state index < -0.39 is 16.6 Å². The third-order valence-electron chi connectivity index (χ3n) is 2.95. The van der Waals surface area contributed by atoms with Crippen LogP contribution in [0.1, 0.15) is 11.1 Å². The quantitative estimate of drug-likeness (QED) is 0.704. The third kappa shape index (κ3) is 3.60. The number of nitrogens with one attached hydrogen (secondary N) is 2. The van der Waals surface area contributed by atoms with Crippen molar-refractivity contribution in [2.75, 3.05) is 18.4 Å². The number of aromatic amines is 1. The van der Waals surface area contributed by atoms with Gasteiger partial charge in [0.2, 0.25) is 0 Å². The number of methoxy groups -OCH3 is 1. The van der Waals surface area contributed by atoms with E-state index in [4.69, 9.17) is 9.84 Å². The largest absolute Gasteiger partial charge is 0.392 e. The number of ether oxygens (including phenoxy) is 1. The molecule has 0 amide bonds. The lowest BCUT2D eigenvalue weighted by Crippen LogP contribution is -2.16. The molecule has 21 heavy (non-hydrogen) atoms. The average Bonchev–Trinajstić information content (AvgIpc) is 2.95. The molecule has 0 fully saturated rings. The van der Waals surface area contributed by atoms with Gasteiger partial charge in [0.25, 0.3) is 10.0 Å². The second kappa shape index (κ2) is 6.70. The number of aliphatic hydroxyl groups is 1. The first kappa shape index (κ1) is 15.5. The Morgan fingerprint density at radius 1 is 1.33 bits per heavy atom. The van der Waals surface area contributed by atoms with Gasteiger partial charge in [-0.2, -0.15) is 13.5 Å². The molecule has 7 nitrogen and oxygen atoms in total. The van der Waals surface area contributed by atoms with Gasteiger partial charge in [0.05, 0.1) is 25.1 Å². The third-order valence-corrected chi connectivity index (χ3v) is 4.33. The van der Waals surface area contributed by atoms with Gasteiger partial charge in [-0.25, -0.2) is 0 Å². The Morgan fingerprint density at radius 3 is 2.81 bits per heavy atom. The molecular formula is C13H17N3O4S. The highest BCUT2D eigenvalue weighted by molar-refractivity contribution is 7.92. The molecule has 0 radical (unpaired) electrons. The van der Waals surface area contributed by atoms with Crippen LogP contribution >= 0.6 is 0 Å². The number of para-hydroxylation sites is 1. The first-order chi connectivity index (χ1) is 10.1. The highest BCUT2D eigenvalue weighted by Gasteiger charge is 2.21. The van der Waals surface area contributed by atoms with Crippen molar-refractivity contribution in [3.8, 4) is 0 Å². The standard InChI is InChI=1S/C13H17N3O4S/c1-20-7-6-10-4-2-3-5-12(10)16-21(18,19)13-11(9-17)8-14-15-13/h2-5,8,16-17H,6-7,9H2,1H3,(H,14,15). The Morgan fingerprint density at radius 2 is 2.10 bits per heavy atom. The summed E-state index contributed by atoms with van der Waals surface area (Å²) in [5.41, 5.74) is 1.53. The fraction of sp³-hybridized carbons (Fsp3) is 0.308. The number of benzene rings is 1. The normalized spacial score (nSPS) is 11.5. The topological polar surface area (TPSA) is 104 Å². The van der Waals surface area contributed by atoms with E-state index in [9.17, 15) is 8.42 Å². The first-order valence-corrected chi connectivity index (χ1v) is 7.79. The van der Waals surface area contributed by atoms with Crippen molar-refractivity contribution in [1.29, 1.82) is 0 Å². The van der Waals surface area contributed by atoms with Gasteiger partial charge in [-0.1, -0.05) is 18.2 Å². The molecule has 1 aromatic carbocycles. The van der Waals surface area contributed by atoms with Gasteiger partial charge in [-0.05, 0) is 18.1 Å². The van der Waals surface area contributed by atoms with Crippen molar-refractivity contribution in [2.24, 2.45) is 0 Å². The molecule has 2 rings (SSSR count). The van der Waals surface area contributed by atoms with E-state index >= 15 is 0 Å². The molecule has 0 unspecified atom stereocenters. The molecular weight excluding hydrogens is 294 g/mol. The van der Waals surface area contributed by atoms with Crippen LogP contribution in [0.2, 0.25) is 0 Å². The Balaban J connectivity index is 2.29. The fourth-order valence-electron chi connectivity index (χ4n) is 1.89. The number of sulfonamides is 1. The van der Waals surface area contributed by atoms with Crippen LogP contribution in [0.4, 0.5) is 5.69 Å². The number of H-pyrrole nitrogens is 1. The number of hydrogen-bond acceptors (Lipinski definition) is 5. The molecule has 0 atom stereocenters. The lowest BCUT2D eigenvalue weighted by Gasteiger charge is -2.12. The van der Waals surface area contributed by atoms with Gasteiger partial charge in [0.15, 0.2) is 5.03 Å². The van der Waals surface area contributed by atoms with Crippen LogP contribution in [-0.4, -0.2) is 37.4 Å². The number of rotatable bonds is 7. The molecule has 0 aliphatic rings. The number of aliphatic hydroxyl groups excluding tert-OH is 1. The molecule has 1 heterocycles. The molecule has 0 saturated carbocycles. The van der Waals surface area contributed by atoms with E-state index in [1.54, 1.807) is 19.2 Å². The number of nitrogens with zero attached hydrogens (tertiary/aromatic N) is 1. The van der Waals surface area contributed by atoms with Crippen LogP contribution in [0.15, 0.2) is 35.5 Å². The predicted molar refractivity (Wildman–Crippen MR) is 77.3 cm³/mol. The van der Waals surface area contributed by atoms with Crippen molar-refractivity contribution < 1.29 is 18.3 Å². The zero-order chi connectivity index (χ0) is 15.3. The molecule has 0 aliphatic heterocycles. The first-order valence-electron chi connectivity index (χ1n) is 6.31. The SMILES string of the molecule is COCCc1ccccc1NS(=O)(=O)c1[nH]ncc1CO. The van der Waals surface area contributed by atoms with Crippen molar-refractivity contribution in [1.82, 2.24) is 10.2 Å². The van der Waals surface area contributed by atoms with Crippen molar-refractivity contribution in [2.45, 2.75) is 18.1 Å². The smallest absolute Gasteiger partial charge is 0.279 e. The van der Waals surface area contributed by atoms with Crippen LogP contribution in [0.3, 0.4) is 0 Å². The molecule has 3 N–H and O–H groups in total. The molecule has 0 aliphatic carbocycles. The molecule has 1 aromatic heterocycles. The number of aromatic nitrogens is 2. The highest BCUT2D eigenvalue weighted by atomic mass is 32.2. The van der Waals surface area contributed by atoms with Crippen LogP contribution in [0.25, 0.3) is 0 Å². The van der Waals surface area contributed by atoms with E-state index in [0.29, 0.717) is 18.7 Å². The minimum atomic E-state index is -3.83. The molecule has 0 bridgehead atoms. The lowest BCUT2D eigenvalue weighted by atomic mass is 10.1. The maximum absolute atomic E-state index is 12.3. The van der Waals surface area contributed by atoms with Crippen molar-refractivity contribution >= 4 is 15.7 Å².